The molecule has 42 heavy (non-hydrogen) atoms. The van der Waals surface area contributed by atoms with Crippen molar-refractivity contribution in [1.82, 2.24) is 25.1 Å². The predicted molar refractivity (Wildman–Crippen MR) is 168 cm³/mol. The summed E-state index contributed by atoms with van der Waals surface area (Å²) in [4.78, 5) is 17.5. The van der Waals surface area contributed by atoms with Crippen LogP contribution in [0.3, 0.4) is 0 Å². The summed E-state index contributed by atoms with van der Waals surface area (Å²) in [5.41, 5.74) is 7.78. The molecule has 0 spiro atoms. The minimum atomic E-state index is 0.220. The minimum Gasteiger partial charge on any atom is -0.463 e. The van der Waals surface area contributed by atoms with Gasteiger partial charge in [0.25, 0.3) is 0 Å². The second-order valence-electron chi connectivity index (χ2n) is 13.2. The third kappa shape index (κ3) is 5.21. The largest absolute Gasteiger partial charge is 0.463 e. The van der Waals surface area contributed by atoms with Crippen LogP contribution in [0.1, 0.15) is 54.8 Å². The predicted octanol–water partition coefficient (Wildman–Crippen LogP) is 5.40. The van der Waals surface area contributed by atoms with Gasteiger partial charge in [0.05, 0.1) is 25.0 Å². The van der Waals surface area contributed by atoms with Crippen molar-refractivity contribution < 1.29 is 4.74 Å². The van der Waals surface area contributed by atoms with Crippen molar-refractivity contribution in [2.75, 3.05) is 50.1 Å². The highest BCUT2D eigenvalue weighted by molar-refractivity contribution is 5.97. The molecule has 8 heteroatoms. The van der Waals surface area contributed by atoms with Crippen LogP contribution < -0.4 is 14.5 Å². The van der Waals surface area contributed by atoms with Gasteiger partial charge in [-0.2, -0.15) is 15.1 Å². The van der Waals surface area contributed by atoms with Crippen LogP contribution in [0.25, 0.3) is 10.8 Å². The van der Waals surface area contributed by atoms with Gasteiger partial charge in [-0.25, -0.2) is 0 Å². The summed E-state index contributed by atoms with van der Waals surface area (Å²) in [6, 6.07) is 13.9. The van der Waals surface area contributed by atoms with E-state index in [1.807, 2.05) is 6.20 Å². The van der Waals surface area contributed by atoms with E-state index in [0.717, 1.165) is 63.5 Å². The molecule has 1 atom stereocenters. The monoisotopic (exact) mass is 565 g/mol. The second kappa shape index (κ2) is 10.9. The summed E-state index contributed by atoms with van der Waals surface area (Å²) >= 11 is 0. The van der Waals surface area contributed by atoms with Crippen LogP contribution in [0.15, 0.2) is 42.6 Å². The molecule has 2 aromatic carbocycles. The molecule has 3 aliphatic rings. The van der Waals surface area contributed by atoms with Gasteiger partial charge in [-0.1, -0.05) is 44.2 Å². The first-order chi connectivity index (χ1) is 20.4. The number of benzene rings is 2. The lowest BCUT2D eigenvalue weighted by molar-refractivity contribution is 0.182. The summed E-state index contributed by atoms with van der Waals surface area (Å²) in [6.07, 6.45) is 7.31. The highest BCUT2D eigenvalue weighted by atomic mass is 16.5. The number of anilines is 2. The number of H-pyrrole nitrogens is 1. The maximum atomic E-state index is 6.48. The topological polar surface area (TPSA) is 73.4 Å². The van der Waals surface area contributed by atoms with Gasteiger partial charge >= 0.3 is 6.01 Å². The van der Waals surface area contributed by atoms with Crippen molar-refractivity contribution in [1.29, 1.82) is 0 Å². The summed E-state index contributed by atoms with van der Waals surface area (Å²) in [5, 5.41) is 10.3. The molecular weight excluding hydrogens is 522 g/mol. The van der Waals surface area contributed by atoms with Crippen molar-refractivity contribution in [2.24, 2.45) is 11.3 Å². The fourth-order valence-electron chi connectivity index (χ4n) is 7.16. The van der Waals surface area contributed by atoms with E-state index in [4.69, 9.17) is 14.7 Å². The lowest BCUT2D eigenvalue weighted by Crippen LogP contribution is -2.35. The normalized spacial score (nSPS) is 19.5. The number of aryl methyl sites for hydroxylation is 1. The Morgan fingerprint density at radius 2 is 1.90 bits per heavy atom. The van der Waals surface area contributed by atoms with E-state index in [1.54, 1.807) is 0 Å². The van der Waals surface area contributed by atoms with Crippen LogP contribution >= 0.6 is 0 Å². The minimum absolute atomic E-state index is 0.220. The van der Waals surface area contributed by atoms with E-state index >= 15 is 0 Å². The van der Waals surface area contributed by atoms with Gasteiger partial charge in [-0.05, 0) is 69.1 Å². The summed E-state index contributed by atoms with van der Waals surface area (Å²) in [6.45, 7) is 9.70. The van der Waals surface area contributed by atoms with Crippen molar-refractivity contribution in [2.45, 2.75) is 59.0 Å². The van der Waals surface area contributed by atoms with E-state index in [1.165, 1.54) is 51.7 Å². The molecule has 4 heterocycles. The van der Waals surface area contributed by atoms with Gasteiger partial charge in [0, 0.05) is 59.5 Å². The Morgan fingerprint density at radius 1 is 1.07 bits per heavy atom. The first kappa shape index (κ1) is 27.2. The molecule has 0 bridgehead atoms. The summed E-state index contributed by atoms with van der Waals surface area (Å²) < 4.78 is 6.48. The molecule has 0 saturated heterocycles. The third-order valence-electron chi connectivity index (χ3n) is 9.38. The molecule has 0 radical (unpaired) electrons. The van der Waals surface area contributed by atoms with Gasteiger partial charge in [0.1, 0.15) is 5.82 Å². The van der Waals surface area contributed by atoms with Gasteiger partial charge in [0.15, 0.2) is 0 Å². The average Bonchev–Trinajstić information content (AvgIpc) is 3.66. The molecule has 1 N–H and O–H groups in total. The van der Waals surface area contributed by atoms with Gasteiger partial charge < -0.3 is 19.4 Å². The van der Waals surface area contributed by atoms with E-state index in [-0.39, 0.29) is 5.41 Å². The van der Waals surface area contributed by atoms with Crippen LogP contribution in [0.4, 0.5) is 11.5 Å². The van der Waals surface area contributed by atoms with Crippen LogP contribution in [0, 0.1) is 11.3 Å². The number of aromatic amines is 1. The Kier molecular flexibility index (Phi) is 7.05. The van der Waals surface area contributed by atoms with E-state index in [2.05, 4.69) is 89.2 Å². The molecular formula is C34H43N7O. The lowest BCUT2D eigenvalue weighted by Gasteiger charge is -2.34. The molecule has 1 saturated carbocycles. The number of aromatic nitrogens is 4. The highest BCUT2D eigenvalue weighted by Crippen LogP contribution is 2.46. The summed E-state index contributed by atoms with van der Waals surface area (Å²) in [5.74, 6) is 1.53. The molecule has 8 nitrogen and oxygen atoms in total. The van der Waals surface area contributed by atoms with Crippen LogP contribution in [0.5, 0.6) is 6.01 Å². The zero-order valence-electron chi connectivity index (χ0n) is 25.5. The molecule has 2 aromatic heterocycles. The maximum absolute atomic E-state index is 6.48. The molecule has 7 rings (SSSR count). The molecule has 2 aliphatic heterocycles. The average molecular weight is 566 g/mol. The lowest BCUT2D eigenvalue weighted by atomic mass is 9.98. The Balaban J connectivity index is 1.26. The zero-order valence-corrected chi connectivity index (χ0v) is 25.5. The van der Waals surface area contributed by atoms with E-state index < -0.39 is 0 Å². The third-order valence-corrected chi connectivity index (χ3v) is 9.38. The first-order valence-corrected chi connectivity index (χ1v) is 15.6. The van der Waals surface area contributed by atoms with Gasteiger partial charge in [-0.15, -0.1) is 0 Å². The molecule has 1 fully saturated rings. The fraction of sp³-hybridized carbons (Fsp3) is 0.500. The van der Waals surface area contributed by atoms with Crippen LogP contribution in [0.2, 0.25) is 0 Å². The highest BCUT2D eigenvalue weighted by Gasteiger charge is 2.44. The molecule has 220 valence electrons. The molecule has 1 aliphatic carbocycles. The number of rotatable bonds is 8. The number of hydrogen-bond acceptors (Lipinski definition) is 7. The SMILES string of the molecule is CCc1cccc2cccc(N3CCc4c(nc(OCC5(CN(C)C)CC5)nc4N4Cc5cn[nH]c5CC(C)C4)C3)c12. The Hall–Kier alpha value is -3.65. The van der Waals surface area contributed by atoms with Crippen molar-refractivity contribution in [3.63, 3.8) is 0 Å². The Bertz CT molecular complexity index is 1590. The number of ether oxygens (including phenoxy) is 1. The number of nitrogens with one attached hydrogen (secondary N) is 1. The molecule has 4 aromatic rings. The number of hydrogen-bond donors (Lipinski definition) is 1. The smallest absolute Gasteiger partial charge is 0.318 e. The second-order valence-corrected chi connectivity index (χ2v) is 13.2. The summed E-state index contributed by atoms with van der Waals surface area (Å²) in [7, 11) is 4.29. The van der Waals surface area contributed by atoms with Crippen molar-refractivity contribution in [3.05, 3.63) is 70.7 Å². The quantitative estimate of drug-likeness (QED) is 0.307. The van der Waals surface area contributed by atoms with Crippen molar-refractivity contribution in [3.8, 4) is 6.01 Å². The van der Waals surface area contributed by atoms with Crippen molar-refractivity contribution >= 4 is 22.3 Å². The standard InChI is InChI=1S/C34H43N7O/c1-5-24-8-6-9-25-10-7-11-30(31(24)25)40-15-12-27-29(20-40)36-33(42-22-34(13-14-34)21-39(3)4)37-32(27)41-18-23(2)16-28-26(19-41)17-35-38-28/h6-11,17,23H,5,12-16,18-22H2,1-4H3,(H,35,38). The maximum Gasteiger partial charge on any atom is 0.318 e. The van der Waals surface area contributed by atoms with Gasteiger partial charge in [0.2, 0.25) is 0 Å². The molecule has 0 amide bonds. The van der Waals surface area contributed by atoms with Crippen LogP contribution in [-0.2, 0) is 32.4 Å². The fourth-order valence-corrected chi connectivity index (χ4v) is 7.16. The van der Waals surface area contributed by atoms with Gasteiger partial charge in [-0.3, -0.25) is 5.10 Å². The zero-order chi connectivity index (χ0) is 28.8. The van der Waals surface area contributed by atoms with Crippen LogP contribution in [-0.4, -0.2) is 65.4 Å². The number of nitrogens with zero attached hydrogens (tertiary/aromatic N) is 6. The van der Waals surface area contributed by atoms with E-state index in [0.29, 0.717) is 18.5 Å². The Morgan fingerprint density at radius 3 is 2.69 bits per heavy atom. The number of fused-ring (bicyclic) bond motifs is 3. The molecule has 1 unspecified atom stereocenters. The Labute approximate surface area is 249 Å². The first-order valence-electron chi connectivity index (χ1n) is 15.6. The van der Waals surface area contributed by atoms with E-state index in [9.17, 15) is 0 Å².